The van der Waals surface area contributed by atoms with Gasteiger partial charge in [-0.15, -0.1) is 0 Å². The van der Waals surface area contributed by atoms with Gasteiger partial charge in [0.2, 0.25) is 0 Å². The van der Waals surface area contributed by atoms with Gasteiger partial charge in [0, 0.05) is 28.6 Å². The maximum Gasteiger partial charge on any atom is 0.123 e. The molecule has 3 aromatic rings. The average molecular weight is 414 g/mol. The minimum atomic E-state index is -0.0303. The van der Waals surface area contributed by atoms with Crippen molar-refractivity contribution in [1.29, 1.82) is 0 Å². The highest BCUT2D eigenvalue weighted by molar-refractivity contribution is 6.07. The van der Waals surface area contributed by atoms with Crippen molar-refractivity contribution < 1.29 is 0 Å². The summed E-state index contributed by atoms with van der Waals surface area (Å²) in [5, 5.41) is 7.30. The SMILES string of the molecule is C=C1/C=C\C=C/NC2=C1c1ccccc1N(C1C=Cc3ccccc3N1)c1ccccc12. The Hall–Kier alpha value is -4.24. The maximum atomic E-state index is 4.41. The molecule has 3 nitrogen and oxygen atoms in total. The lowest BCUT2D eigenvalue weighted by molar-refractivity contribution is 0.874. The summed E-state index contributed by atoms with van der Waals surface area (Å²) in [6.45, 7) is 4.41. The Kier molecular flexibility index (Phi) is 4.32. The van der Waals surface area contributed by atoms with Crippen LogP contribution in [0.1, 0.15) is 16.7 Å². The normalized spacial score (nSPS) is 20.3. The van der Waals surface area contributed by atoms with E-state index < -0.39 is 0 Å². The van der Waals surface area contributed by atoms with Gasteiger partial charge in [0.1, 0.15) is 6.17 Å². The standard InChI is InChI=1S/C29H23N3/c1-20-10-8-9-19-30-29-23-13-4-7-16-26(23)32(25-15-6-3-12-22(25)28(20)29)27-18-17-21-11-2-5-14-24(21)31-27/h2-19,27,30-31H,1H2/b10-8-,19-9-. The van der Waals surface area contributed by atoms with Crippen molar-refractivity contribution in [2.24, 2.45) is 0 Å². The van der Waals surface area contributed by atoms with Gasteiger partial charge in [-0.25, -0.2) is 0 Å². The third-order valence-electron chi connectivity index (χ3n) is 6.17. The number of hydrogen-bond acceptors (Lipinski definition) is 3. The van der Waals surface area contributed by atoms with E-state index >= 15 is 0 Å². The molecule has 0 fully saturated rings. The van der Waals surface area contributed by atoms with E-state index in [1.54, 1.807) is 0 Å². The summed E-state index contributed by atoms with van der Waals surface area (Å²) in [5.74, 6) is 0. The first-order chi connectivity index (χ1) is 15.8. The molecule has 154 valence electrons. The van der Waals surface area contributed by atoms with Crippen LogP contribution in [0.2, 0.25) is 0 Å². The molecule has 0 radical (unpaired) electrons. The number of nitrogens with one attached hydrogen (secondary N) is 2. The lowest BCUT2D eigenvalue weighted by Crippen LogP contribution is -2.38. The van der Waals surface area contributed by atoms with Crippen molar-refractivity contribution in [3.05, 3.63) is 132 Å². The number of rotatable bonds is 1. The summed E-state index contributed by atoms with van der Waals surface area (Å²) in [4.78, 5) is 2.39. The fraction of sp³-hybridized carbons (Fsp3) is 0.0345. The number of fused-ring (bicyclic) bond motifs is 5. The van der Waals surface area contributed by atoms with Crippen molar-refractivity contribution in [2.45, 2.75) is 6.17 Å². The fourth-order valence-electron chi connectivity index (χ4n) is 4.74. The van der Waals surface area contributed by atoms with Gasteiger partial charge in [-0.2, -0.15) is 0 Å². The van der Waals surface area contributed by atoms with Crippen LogP contribution in [-0.4, -0.2) is 6.17 Å². The molecule has 6 rings (SSSR count). The molecule has 3 aliphatic rings. The quantitative estimate of drug-likeness (QED) is 0.465. The molecular weight excluding hydrogens is 390 g/mol. The monoisotopic (exact) mass is 413 g/mol. The van der Waals surface area contributed by atoms with Crippen LogP contribution in [0.5, 0.6) is 0 Å². The molecule has 0 aromatic heterocycles. The van der Waals surface area contributed by atoms with Gasteiger partial charge in [-0.3, -0.25) is 0 Å². The molecule has 0 saturated carbocycles. The van der Waals surface area contributed by atoms with Crippen LogP contribution in [0, 0.1) is 0 Å². The van der Waals surface area contributed by atoms with Gasteiger partial charge >= 0.3 is 0 Å². The summed E-state index contributed by atoms with van der Waals surface area (Å²) < 4.78 is 0. The Morgan fingerprint density at radius 3 is 2.34 bits per heavy atom. The Bertz CT molecular complexity index is 1360. The van der Waals surface area contributed by atoms with E-state index in [9.17, 15) is 0 Å². The van der Waals surface area contributed by atoms with Crippen molar-refractivity contribution in [2.75, 3.05) is 10.2 Å². The summed E-state index contributed by atoms with van der Waals surface area (Å²) in [6.07, 6.45) is 12.5. The third kappa shape index (κ3) is 2.90. The molecular formula is C29H23N3. The molecule has 0 spiro atoms. The molecule has 3 aromatic carbocycles. The Labute approximate surface area is 188 Å². The van der Waals surface area contributed by atoms with Gasteiger partial charge in [-0.05, 0) is 41.5 Å². The largest absolute Gasteiger partial charge is 0.361 e. The van der Waals surface area contributed by atoms with Crippen molar-refractivity contribution in [3.63, 3.8) is 0 Å². The molecule has 32 heavy (non-hydrogen) atoms. The second kappa shape index (κ2) is 7.47. The van der Waals surface area contributed by atoms with Crippen LogP contribution in [0.25, 0.3) is 17.3 Å². The first-order valence-corrected chi connectivity index (χ1v) is 10.9. The van der Waals surface area contributed by atoms with E-state index in [-0.39, 0.29) is 6.17 Å². The zero-order valence-corrected chi connectivity index (χ0v) is 17.6. The number of para-hydroxylation sites is 3. The summed E-state index contributed by atoms with van der Waals surface area (Å²) >= 11 is 0. The van der Waals surface area contributed by atoms with Crippen molar-refractivity contribution in [1.82, 2.24) is 5.32 Å². The molecule has 3 aliphatic heterocycles. The number of allylic oxidation sites excluding steroid dienone is 5. The zero-order chi connectivity index (χ0) is 21.5. The lowest BCUT2D eigenvalue weighted by atomic mass is 9.93. The highest BCUT2D eigenvalue weighted by Gasteiger charge is 2.31. The lowest BCUT2D eigenvalue weighted by Gasteiger charge is -2.36. The van der Waals surface area contributed by atoms with Gasteiger partial charge in [0.15, 0.2) is 0 Å². The Balaban J connectivity index is 1.61. The van der Waals surface area contributed by atoms with E-state index in [0.717, 1.165) is 45.0 Å². The van der Waals surface area contributed by atoms with Gasteiger partial charge in [0.25, 0.3) is 0 Å². The molecule has 3 heterocycles. The highest BCUT2D eigenvalue weighted by Crippen LogP contribution is 2.47. The van der Waals surface area contributed by atoms with Crippen LogP contribution in [0.4, 0.5) is 17.1 Å². The number of anilines is 3. The molecule has 0 amide bonds. The van der Waals surface area contributed by atoms with Crippen LogP contribution < -0.4 is 15.5 Å². The molecule has 0 saturated heterocycles. The smallest absolute Gasteiger partial charge is 0.123 e. The first-order valence-electron chi connectivity index (χ1n) is 10.9. The zero-order valence-electron chi connectivity index (χ0n) is 17.6. The van der Waals surface area contributed by atoms with E-state index in [0.29, 0.717) is 0 Å². The molecule has 1 unspecified atom stereocenters. The van der Waals surface area contributed by atoms with Crippen LogP contribution >= 0.6 is 0 Å². The number of hydrogen-bond donors (Lipinski definition) is 2. The summed E-state index contributed by atoms with van der Waals surface area (Å²) in [5.41, 5.74) is 10.1. The number of nitrogens with zero attached hydrogens (tertiary/aromatic N) is 1. The van der Waals surface area contributed by atoms with Crippen molar-refractivity contribution in [3.8, 4) is 0 Å². The minimum absolute atomic E-state index is 0.0303. The van der Waals surface area contributed by atoms with Gasteiger partial charge in [-0.1, -0.05) is 79.4 Å². The topological polar surface area (TPSA) is 27.3 Å². The maximum absolute atomic E-state index is 4.41. The predicted molar refractivity (Wildman–Crippen MR) is 135 cm³/mol. The van der Waals surface area contributed by atoms with Gasteiger partial charge in [0.05, 0.1) is 17.1 Å². The third-order valence-corrected chi connectivity index (χ3v) is 6.17. The van der Waals surface area contributed by atoms with Crippen molar-refractivity contribution >= 4 is 34.4 Å². The molecule has 2 N–H and O–H groups in total. The second-order valence-corrected chi connectivity index (χ2v) is 8.08. The van der Waals surface area contributed by atoms with Gasteiger partial charge < -0.3 is 15.5 Å². The fourth-order valence-corrected chi connectivity index (χ4v) is 4.74. The van der Waals surface area contributed by atoms with Crippen LogP contribution in [0.3, 0.4) is 0 Å². The average Bonchev–Trinajstić information content (AvgIpc) is 2.94. The summed E-state index contributed by atoms with van der Waals surface area (Å²) in [6, 6.07) is 25.6. The Morgan fingerprint density at radius 2 is 1.47 bits per heavy atom. The molecule has 0 aliphatic carbocycles. The number of benzene rings is 3. The predicted octanol–water partition coefficient (Wildman–Crippen LogP) is 6.70. The Morgan fingerprint density at radius 1 is 0.750 bits per heavy atom. The molecule has 1 atom stereocenters. The van der Waals surface area contributed by atoms with E-state index in [1.165, 1.54) is 5.56 Å². The van der Waals surface area contributed by atoms with E-state index in [4.69, 9.17) is 0 Å². The van der Waals surface area contributed by atoms with E-state index in [2.05, 4.69) is 113 Å². The summed E-state index contributed by atoms with van der Waals surface area (Å²) in [7, 11) is 0. The van der Waals surface area contributed by atoms with Crippen LogP contribution in [0.15, 0.2) is 115 Å². The first kappa shape index (κ1) is 18.5. The second-order valence-electron chi connectivity index (χ2n) is 8.08. The highest BCUT2D eigenvalue weighted by atomic mass is 15.3. The van der Waals surface area contributed by atoms with E-state index in [1.807, 2.05) is 18.4 Å². The molecule has 3 heteroatoms. The minimum Gasteiger partial charge on any atom is -0.361 e. The molecule has 0 bridgehead atoms. The van der Waals surface area contributed by atoms with Crippen LogP contribution in [-0.2, 0) is 0 Å².